The highest BCUT2D eigenvalue weighted by atomic mass is 16.5. The van der Waals surface area contributed by atoms with Crippen LogP contribution in [-0.2, 0) is 14.3 Å². The van der Waals surface area contributed by atoms with Crippen molar-refractivity contribution in [3.8, 4) is 0 Å². The molecule has 1 heterocycles. The summed E-state index contributed by atoms with van der Waals surface area (Å²) in [6, 6.07) is -0.520. The molecule has 0 aromatic rings. The molecular weight excluding hydrogens is 258 g/mol. The largest absolute Gasteiger partial charge is 0.377 e. The molecule has 0 aromatic heterocycles. The van der Waals surface area contributed by atoms with E-state index in [-0.39, 0.29) is 24.0 Å². The number of amides is 2. The van der Waals surface area contributed by atoms with Crippen molar-refractivity contribution in [2.75, 3.05) is 26.8 Å². The zero-order valence-electron chi connectivity index (χ0n) is 12.2. The summed E-state index contributed by atoms with van der Waals surface area (Å²) in [4.78, 5) is 26.0. The maximum atomic E-state index is 12.5. The molecule has 1 aliphatic carbocycles. The zero-order chi connectivity index (χ0) is 14.6. The Morgan fingerprint density at radius 1 is 1.35 bits per heavy atom. The van der Waals surface area contributed by atoms with Gasteiger partial charge in [0.1, 0.15) is 6.04 Å². The van der Waals surface area contributed by atoms with Crippen molar-refractivity contribution in [2.24, 2.45) is 5.73 Å². The van der Waals surface area contributed by atoms with Crippen molar-refractivity contribution in [2.45, 2.75) is 50.1 Å². The Kier molecular flexibility index (Phi) is 4.99. The molecule has 0 radical (unpaired) electrons. The van der Waals surface area contributed by atoms with Crippen molar-refractivity contribution in [1.82, 2.24) is 10.2 Å². The SMILES string of the molecule is CNC(=O)C1COCCN1C(=O)CC1(N)CCCCC1. The van der Waals surface area contributed by atoms with Crippen LogP contribution in [0.15, 0.2) is 0 Å². The number of likely N-dealkylation sites (N-methyl/N-ethyl adjacent to an activating group) is 1. The number of ether oxygens (including phenoxy) is 1. The number of rotatable bonds is 3. The second kappa shape index (κ2) is 6.54. The van der Waals surface area contributed by atoms with Crippen molar-refractivity contribution in [1.29, 1.82) is 0 Å². The van der Waals surface area contributed by atoms with Crippen LogP contribution in [0.2, 0.25) is 0 Å². The number of carbonyl (C=O) groups excluding carboxylic acids is 2. The second-order valence-corrected chi connectivity index (χ2v) is 5.89. The Morgan fingerprint density at radius 3 is 2.70 bits per heavy atom. The van der Waals surface area contributed by atoms with Crippen LogP contribution in [-0.4, -0.2) is 55.1 Å². The lowest BCUT2D eigenvalue weighted by Crippen LogP contribution is -2.57. The highest BCUT2D eigenvalue weighted by molar-refractivity contribution is 5.88. The topological polar surface area (TPSA) is 84.7 Å². The molecule has 2 fully saturated rings. The summed E-state index contributed by atoms with van der Waals surface area (Å²) in [5.74, 6) is -0.195. The van der Waals surface area contributed by atoms with E-state index < -0.39 is 6.04 Å². The average Bonchev–Trinajstić information content (AvgIpc) is 2.46. The summed E-state index contributed by atoms with van der Waals surface area (Å²) in [7, 11) is 1.57. The number of carbonyl (C=O) groups is 2. The molecule has 2 aliphatic rings. The lowest BCUT2D eigenvalue weighted by atomic mass is 9.80. The average molecular weight is 283 g/mol. The minimum absolute atomic E-state index is 0.0219. The van der Waals surface area contributed by atoms with E-state index in [9.17, 15) is 9.59 Å². The van der Waals surface area contributed by atoms with E-state index in [1.165, 1.54) is 6.42 Å². The van der Waals surface area contributed by atoms with Crippen LogP contribution in [0.5, 0.6) is 0 Å². The van der Waals surface area contributed by atoms with Gasteiger partial charge in [-0.1, -0.05) is 19.3 Å². The summed E-state index contributed by atoms with van der Waals surface area (Å²) in [6.45, 7) is 1.22. The summed E-state index contributed by atoms with van der Waals surface area (Å²) < 4.78 is 5.31. The number of nitrogens with zero attached hydrogens (tertiary/aromatic N) is 1. The molecule has 6 nitrogen and oxygen atoms in total. The molecule has 3 N–H and O–H groups in total. The third-order valence-corrected chi connectivity index (χ3v) is 4.35. The molecule has 0 spiro atoms. The third-order valence-electron chi connectivity index (χ3n) is 4.35. The van der Waals surface area contributed by atoms with Crippen LogP contribution in [0.3, 0.4) is 0 Å². The third kappa shape index (κ3) is 3.49. The predicted octanol–water partition coefficient (Wildman–Crippen LogP) is 0.0115. The number of morpholine rings is 1. The van der Waals surface area contributed by atoms with Crippen molar-refractivity contribution >= 4 is 11.8 Å². The first kappa shape index (κ1) is 15.3. The van der Waals surface area contributed by atoms with Gasteiger partial charge in [0, 0.05) is 25.6 Å². The smallest absolute Gasteiger partial charge is 0.244 e. The predicted molar refractivity (Wildman–Crippen MR) is 75.0 cm³/mol. The monoisotopic (exact) mass is 283 g/mol. The minimum atomic E-state index is -0.520. The van der Waals surface area contributed by atoms with Crippen LogP contribution in [0.25, 0.3) is 0 Å². The van der Waals surface area contributed by atoms with Gasteiger partial charge in [-0.3, -0.25) is 9.59 Å². The summed E-state index contributed by atoms with van der Waals surface area (Å²) in [5, 5.41) is 2.59. The molecule has 6 heteroatoms. The Hall–Kier alpha value is -1.14. The van der Waals surface area contributed by atoms with Crippen molar-refractivity contribution < 1.29 is 14.3 Å². The number of hydrogen-bond acceptors (Lipinski definition) is 4. The van der Waals surface area contributed by atoms with Gasteiger partial charge in [0.25, 0.3) is 0 Å². The lowest BCUT2D eigenvalue weighted by Gasteiger charge is -2.38. The lowest BCUT2D eigenvalue weighted by molar-refractivity contribution is -0.149. The highest BCUT2D eigenvalue weighted by Crippen LogP contribution is 2.29. The number of nitrogens with two attached hydrogens (primary N) is 1. The summed E-state index contributed by atoms with van der Waals surface area (Å²) in [5.41, 5.74) is 5.95. The number of nitrogens with one attached hydrogen (secondary N) is 1. The van der Waals surface area contributed by atoms with Gasteiger partial charge in [-0.15, -0.1) is 0 Å². The van der Waals surface area contributed by atoms with E-state index in [2.05, 4.69) is 5.32 Å². The Balaban J connectivity index is 2.00. The van der Waals surface area contributed by atoms with Crippen molar-refractivity contribution in [3.05, 3.63) is 0 Å². The normalized spacial score (nSPS) is 26.1. The van der Waals surface area contributed by atoms with Gasteiger partial charge in [0.15, 0.2) is 0 Å². The van der Waals surface area contributed by atoms with E-state index in [4.69, 9.17) is 10.5 Å². The van der Waals surface area contributed by atoms with Gasteiger partial charge in [0.2, 0.25) is 11.8 Å². The molecule has 1 unspecified atom stereocenters. The van der Waals surface area contributed by atoms with E-state index in [0.717, 1.165) is 25.7 Å². The fourth-order valence-electron chi connectivity index (χ4n) is 3.12. The van der Waals surface area contributed by atoms with Crippen LogP contribution in [0.1, 0.15) is 38.5 Å². The maximum absolute atomic E-state index is 12.5. The summed E-state index contributed by atoms with van der Waals surface area (Å²) >= 11 is 0. The molecule has 20 heavy (non-hydrogen) atoms. The summed E-state index contributed by atoms with van der Waals surface area (Å²) in [6.07, 6.45) is 5.50. The van der Waals surface area contributed by atoms with Gasteiger partial charge in [-0.05, 0) is 12.8 Å². The van der Waals surface area contributed by atoms with Gasteiger partial charge in [-0.2, -0.15) is 0 Å². The highest BCUT2D eigenvalue weighted by Gasteiger charge is 2.37. The fraction of sp³-hybridized carbons (Fsp3) is 0.857. The first-order valence-electron chi connectivity index (χ1n) is 7.43. The molecule has 114 valence electrons. The molecule has 0 bridgehead atoms. The van der Waals surface area contributed by atoms with E-state index in [0.29, 0.717) is 19.6 Å². The van der Waals surface area contributed by atoms with Gasteiger partial charge in [0.05, 0.1) is 13.2 Å². The molecule has 1 saturated heterocycles. The second-order valence-electron chi connectivity index (χ2n) is 5.89. The zero-order valence-corrected chi connectivity index (χ0v) is 12.2. The standard InChI is InChI=1S/C14H25N3O3/c1-16-13(19)11-10-20-8-7-17(11)12(18)9-14(15)5-3-2-4-6-14/h11H,2-10,15H2,1H3,(H,16,19). The molecular formula is C14H25N3O3. The first-order chi connectivity index (χ1) is 9.56. The molecule has 1 atom stereocenters. The van der Waals surface area contributed by atoms with Gasteiger partial charge >= 0.3 is 0 Å². The molecule has 1 saturated carbocycles. The Labute approximate surface area is 120 Å². The Morgan fingerprint density at radius 2 is 2.05 bits per heavy atom. The maximum Gasteiger partial charge on any atom is 0.244 e. The number of hydrogen-bond donors (Lipinski definition) is 2. The van der Waals surface area contributed by atoms with Gasteiger partial charge in [-0.25, -0.2) is 0 Å². The van der Waals surface area contributed by atoms with Crippen LogP contribution in [0.4, 0.5) is 0 Å². The molecule has 0 aromatic carbocycles. The fourth-order valence-corrected chi connectivity index (χ4v) is 3.12. The Bertz CT molecular complexity index is 367. The van der Waals surface area contributed by atoms with Crippen LogP contribution < -0.4 is 11.1 Å². The van der Waals surface area contributed by atoms with Crippen LogP contribution in [0, 0.1) is 0 Å². The van der Waals surface area contributed by atoms with Crippen LogP contribution >= 0.6 is 0 Å². The molecule has 1 aliphatic heterocycles. The van der Waals surface area contributed by atoms with E-state index in [1.807, 2.05) is 0 Å². The van der Waals surface area contributed by atoms with E-state index >= 15 is 0 Å². The van der Waals surface area contributed by atoms with Gasteiger partial charge < -0.3 is 20.7 Å². The first-order valence-corrected chi connectivity index (χ1v) is 7.43. The molecule has 2 amide bonds. The molecule has 2 rings (SSSR count). The van der Waals surface area contributed by atoms with Crippen molar-refractivity contribution in [3.63, 3.8) is 0 Å². The van der Waals surface area contributed by atoms with E-state index in [1.54, 1.807) is 11.9 Å². The quantitative estimate of drug-likeness (QED) is 0.764. The minimum Gasteiger partial charge on any atom is -0.377 e.